The number of halogens is 2. The first-order valence-electron chi connectivity index (χ1n) is 12.9. The van der Waals surface area contributed by atoms with Crippen LogP contribution in [0.4, 0.5) is 8.78 Å². The quantitative estimate of drug-likeness (QED) is 0.311. The number of nitrogens with one attached hydrogen (secondary N) is 2. The number of aromatic nitrogens is 2. The number of rotatable bonds is 12. The number of hydrogen-bond donors (Lipinski definition) is 2. The summed E-state index contributed by atoms with van der Waals surface area (Å²) in [6.07, 6.45) is 4.57. The molecule has 2 N–H and O–H groups in total. The van der Waals surface area contributed by atoms with Gasteiger partial charge in [-0.3, -0.25) is 14.3 Å². The second kappa shape index (κ2) is 12.9. The maximum absolute atomic E-state index is 14.0. The van der Waals surface area contributed by atoms with Gasteiger partial charge in [-0.15, -0.1) is 0 Å². The number of amides is 2. The Kier molecular flexibility index (Phi) is 9.33. The molecule has 1 aliphatic carbocycles. The molecule has 9 nitrogen and oxygen atoms in total. The molecule has 216 valence electrons. The number of benzene rings is 2. The van der Waals surface area contributed by atoms with Crippen molar-refractivity contribution < 1.29 is 31.5 Å². The van der Waals surface area contributed by atoms with Crippen LogP contribution in [0.1, 0.15) is 41.3 Å². The molecule has 1 heterocycles. The average Bonchev–Trinajstić information content (AvgIpc) is 3.45. The monoisotopic (exact) mass is 584 g/mol. The summed E-state index contributed by atoms with van der Waals surface area (Å²) in [4.78, 5) is 24.3. The van der Waals surface area contributed by atoms with E-state index in [-0.39, 0.29) is 31.9 Å². The average molecular weight is 585 g/mol. The lowest BCUT2D eigenvalue weighted by atomic mass is 9.98. The zero-order valence-corrected chi connectivity index (χ0v) is 23.2. The molecular weight excluding hydrogens is 554 g/mol. The lowest BCUT2D eigenvalue weighted by Gasteiger charge is -2.21. The van der Waals surface area contributed by atoms with Crippen LogP contribution in [0.25, 0.3) is 0 Å². The summed E-state index contributed by atoms with van der Waals surface area (Å²) in [7, 11) is -4.37. The van der Waals surface area contributed by atoms with Crippen LogP contribution in [0.15, 0.2) is 89.9 Å². The van der Waals surface area contributed by atoms with Gasteiger partial charge in [0, 0.05) is 30.8 Å². The second-order valence-electron chi connectivity index (χ2n) is 9.65. The van der Waals surface area contributed by atoms with Crippen LogP contribution in [-0.2, 0) is 27.8 Å². The minimum absolute atomic E-state index is 0.140. The molecule has 0 radical (unpaired) electrons. The minimum atomic E-state index is -4.37. The molecule has 1 aromatic heterocycles. The van der Waals surface area contributed by atoms with Gasteiger partial charge in [-0.1, -0.05) is 36.4 Å². The largest absolute Gasteiger partial charge is 0.491 e. The summed E-state index contributed by atoms with van der Waals surface area (Å²) in [5, 5.41) is 6.98. The van der Waals surface area contributed by atoms with Crippen LogP contribution < -0.4 is 14.8 Å². The number of hydrogen-bond acceptors (Lipinski definition) is 6. The summed E-state index contributed by atoms with van der Waals surface area (Å²) in [5.41, 5.74) is -0.234. The zero-order valence-electron chi connectivity index (χ0n) is 22.3. The molecule has 2 amide bonds. The third kappa shape index (κ3) is 8.10. The number of alkyl halides is 1. The van der Waals surface area contributed by atoms with E-state index in [1.165, 1.54) is 0 Å². The van der Waals surface area contributed by atoms with Gasteiger partial charge >= 0.3 is 0 Å². The standard InChI is InChI=1S/C29H30F2N4O5S/c1-29(31)13-12-24(19-26(29)30)41(38,39)34-27(36)11-10-22-9-8-21(20-35-16-5-14-33-35)18-25(22)40-17-15-32-28(37)23-6-3-2-4-7-23/h2-9,12,14,16,18-19H,10-11,13,15,17,20H2,1H3,(H,32,37)(H,34,36). The molecular formula is C29H30F2N4O5S. The summed E-state index contributed by atoms with van der Waals surface area (Å²) in [5.74, 6) is -1.79. The number of aryl methyl sites for hydroxylation is 1. The maximum Gasteiger partial charge on any atom is 0.263 e. The lowest BCUT2D eigenvalue weighted by Crippen LogP contribution is -2.33. The molecule has 41 heavy (non-hydrogen) atoms. The van der Waals surface area contributed by atoms with E-state index in [1.807, 2.05) is 23.1 Å². The molecule has 1 unspecified atom stereocenters. The van der Waals surface area contributed by atoms with Crippen LogP contribution in [0.5, 0.6) is 5.75 Å². The second-order valence-corrected chi connectivity index (χ2v) is 11.3. The molecule has 1 atom stereocenters. The van der Waals surface area contributed by atoms with Crippen LogP contribution >= 0.6 is 0 Å². The molecule has 3 aromatic rings. The van der Waals surface area contributed by atoms with Crippen LogP contribution in [0.2, 0.25) is 0 Å². The van der Waals surface area contributed by atoms with Crippen molar-refractivity contribution in [1.82, 2.24) is 19.8 Å². The molecule has 0 bridgehead atoms. The van der Waals surface area contributed by atoms with E-state index in [1.54, 1.807) is 53.3 Å². The van der Waals surface area contributed by atoms with Crippen LogP contribution in [0, 0.1) is 0 Å². The van der Waals surface area contributed by atoms with Gasteiger partial charge in [-0.2, -0.15) is 5.10 Å². The van der Waals surface area contributed by atoms with Gasteiger partial charge in [-0.05, 0) is 54.8 Å². The summed E-state index contributed by atoms with van der Waals surface area (Å²) >= 11 is 0. The Labute approximate surface area is 237 Å². The zero-order chi connectivity index (χ0) is 29.5. The summed E-state index contributed by atoms with van der Waals surface area (Å²) in [6.45, 7) is 1.86. The smallest absolute Gasteiger partial charge is 0.263 e. The fraction of sp³-hybridized carbons (Fsp3) is 0.276. The van der Waals surface area contributed by atoms with Crippen molar-refractivity contribution in [2.24, 2.45) is 0 Å². The first-order chi connectivity index (χ1) is 19.5. The van der Waals surface area contributed by atoms with Crippen molar-refractivity contribution in [2.45, 2.75) is 38.4 Å². The highest BCUT2D eigenvalue weighted by molar-refractivity contribution is 7.94. The van der Waals surface area contributed by atoms with Crippen LogP contribution in [0.3, 0.4) is 0 Å². The molecule has 0 fully saturated rings. The lowest BCUT2D eigenvalue weighted by molar-refractivity contribution is -0.119. The van der Waals surface area contributed by atoms with Crippen LogP contribution in [-0.4, -0.2) is 48.8 Å². The van der Waals surface area contributed by atoms with Crippen molar-refractivity contribution in [1.29, 1.82) is 0 Å². The first kappa shape index (κ1) is 29.7. The topological polar surface area (TPSA) is 119 Å². The van der Waals surface area contributed by atoms with E-state index >= 15 is 0 Å². The van der Waals surface area contributed by atoms with Crippen molar-refractivity contribution in [2.75, 3.05) is 13.2 Å². The van der Waals surface area contributed by atoms with Gasteiger partial charge in [-0.25, -0.2) is 21.9 Å². The van der Waals surface area contributed by atoms with Gasteiger partial charge in [0.1, 0.15) is 18.2 Å². The third-order valence-electron chi connectivity index (χ3n) is 6.35. The molecule has 2 aromatic carbocycles. The van der Waals surface area contributed by atoms with Crippen molar-refractivity contribution >= 4 is 21.8 Å². The summed E-state index contributed by atoms with van der Waals surface area (Å²) < 4.78 is 62.6. The Morgan fingerprint density at radius 1 is 1.15 bits per heavy atom. The fourth-order valence-corrected chi connectivity index (χ4v) is 5.14. The highest BCUT2D eigenvalue weighted by Gasteiger charge is 2.34. The van der Waals surface area contributed by atoms with Gasteiger partial charge in [0.2, 0.25) is 5.91 Å². The minimum Gasteiger partial charge on any atom is -0.491 e. The normalized spacial score (nSPS) is 16.9. The predicted octanol–water partition coefficient (Wildman–Crippen LogP) is 3.99. The number of ether oxygens (including phenoxy) is 1. The van der Waals surface area contributed by atoms with E-state index in [0.717, 1.165) is 18.6 Å². The van der Waals surface area contributed by atoms with E-state index in [9.17, 15) is 26.8 Å². The van der Waals surface area contributed by atoms with E-state index in [4.69, 9.17) is 4.74 Å². The number of nitrogens with zero attached hydrogens (tertiary/aromatic N) is 2. The molecule has 0 saturated heterocycles. The number of allylic oxidation sites excluding steroid dienone is 3. The molecule has 4 rings (SSSR count). The molecule has 12 heteroatoms. The van der Waals surface area contributed by atoms with Crippen molar-refractivity contribution in [3.63, 3.8) is 0 Å². The van der Waals surface area contributed by atoms with E-state index < -0.39 is 38.8 Å². The van der Waals surface area contributed by atoms with E-state index in [2.05, 4.69) is 10.4 Å². The highest BCUT2D eigenvalue weighted by Crippen LogP contribution is 2.33. The van der Waals surface area contributed by atoms with Gasteiger partial charge < -0.3 is 10.1 Å². The van der Waals surface area contributed by atoms with E-state index in [0.29, 0.717) is 29.5 Å². The first-order valence-corrected chi connectivity index (χ1v) is 14.4. The Morgan fingerprint density at radius 2 is 1.93 bits per heavy atom. The van der Waals surface area contributed by atoms with Gasteiger partial charge in [0.05, 0.1) is 18.0 Å². The van der Waals surface area contributed by atoms with Gasteiger partial charge in [0.15, 0.2) is 5.67 Å². The predicted molar refractivity (Wildman–Crippen MR) is 149 cm³/mol. The van der Waals surface area contributed by atoms with Crippen molar-refractivity contribution in [3.8, 4) is 5.75 Å². The van der Waals surface area contributed by atoms with Crippen molar-refractivity contribution in [3.05, 3.63) is 107 Å². The molecule has 0 saturated carbocycles. The number of carbonyl (C=O) groups excluding carboxylic acids is 2. The number of carbonyl (C=O) groups is 2. The molecule has 0 spiro atoms. The fourth-order valence-electron chi connectivity index (χ4n) is 4.06. The Balaban J connectivity index is 1.39. The molecule has 0 aliphatic heterocycles. The SMILES string of the molecule is CC1(F)CC=C(S(=O)(=O)NC(=O)CCc2ccc(Cn3cccn3)cc2OCCNC(=O)c2ccccc2)C=C1F. The Hall–Kier alpha value is -4.32. The molecule has 1 aliphatic rings. The summed E-state index contributed by atoms with van der Waals surface area (Å²) in [6, 6.07) is 16.0. The van der Waals surface area contributed by atoms with Gasteiger partial charge in [0.25, 0.3) is 15.9 Å². The number of sulfonamides is 1. The maximum atomic E-state index is 14.0. The third-order valence-corrected chi connectivity index (χ3v) is 7.75. The Morgan fingerprint density at radius 3 is 2.63 bits per heavy atom. The highest BCUT2D eigenvalue weighted by atomic mass is 32.2. The Bertz CT molecular complexity index is 1550.